The van der Waals surface area contributed by atoms with E-state index in [0.29, 0.717) is 5.75 Å². The average Bonchev–Trinajstić information content (AvgIpc) is 1.81. The zero-order chi connectivity index (χ0) is 6.24. The van der Waals surface area contributed by atoms with Crippen LogP contribution in [0.2, 0.25) is 0 Å². The van der Waals surface area contributed by atoms with Crippen LogP contribution in [0.15, 0.2) is 11.7 Å². The second-order valence-corrected chi connectivity index (χ2v) is 3.32. The van der Waals surface area contributed by atoms with E-state index >= 15 is 0 Å². The van der Waals surface area contributed by atoms with Crippen molar-refractivity contribution in [1.29, 1.82) is 0 Å². The molecular weight excluding hydrogens is 144 g/mol. The van der Waals surface area contributed by atoms with Gasteiger partial charge in [-0.2, -0.15) is 0 Å². The Labute approximate surface area is 56.4 Å². The maximum absolute atomic E-state index is 8.24. The van der Waals surface area contributed by atoms with Gasteiger partial charge in [0.05, 0.1) is 12.9 Å². The second-order valence-electron chi connectivity index (χ2n) is 0.927. The fourth-order valence-electron chi connectivity index (χ4n) is 0.150. The summed E-state index contributed by atoms with van der Waals surface area (Å²) in [6.45, 7) is 0.191. The molecule has 0 fully saturated rings. The summed E-state index contributed by atoms with van der Waals surface area (Å²) in [5.41, 5.74) is 0. The summed E-state index contributed by atoms with van der Waals surface area (Å²) >= 11 is 0. The molecule has 8 heavy (non-hydrogen) atoms. The quantitative estimate of drug-likeness (QED) is 0.363. The molecule has 0 unspecified atom stereocenters. The van der Waals surface area contributed by atoms with Gasteiger partial charge in [-0.25, -0.2) is 0 Å². The lowest BCUT2D eigenvalue weighted by Crippen LogP contribution is -1.80. The number of hydrogen-bond donors (Lipinski definition) is 2. The average molecular weight is 152 g/mol. The van der Waals surface area contributed by atoms with E-state index < -0.39 is 0 Å². The van der Waals surface area contributed by atoms with Crippen LogP contribution in [0.3, 0.4) is 0 Å². The molecule has 0 rings (SSSR count). The Kier molecular flexibility index (Phi) is 7.38. The van der Waals surface area contributed by atoms with Gasteiger partial charge >= 0.3 is 0 Å². The molecule has 0 aromatic rings. The predicted molar refractivity (Wildman–Crippen MR) is 38.9 cm³/mol. The highest BCUT2D eigenvalue weighted by atomic mass is 33.1. The molecule has 0 bridgehead atoms. The van der Waals surface area contributed by atoms with E-state index in [1.807, 2.05) is 0 Å². The van der Waals surface area contributed by atoms with E-state index in [4.69, 9.17) is 10.2 Å². The Balaban J connectivity index is 2.72. The van der Waals surface area contributed by atoms with Gasteiger partial charge < -0.3 is 10.2 Å². The number of rotatable bonds is 4. The molecule has 0 aliphatic rings. The molecule has 0 radical (unpaired) electrons. The van der Waals surface area contributed by atoms with Gasteiger partial charge in [-0.3, -0.25) is 0 Å². The van der Waals surface area contributed by atoms with Crippen molar-refractivity contribution < 1.29 is 10.2 Å². The third kappa shape index (κ3) is 6.20. The second kappa shape index (κ2) is 7.20. The van der Waals surface area contributed by atoms with E-state index in [0.717, 1.165) is 6.26 Å². The first-order valence-corrected chi connectivity index (χ1v) is 4.48. The fourth-order valence-corrected chi connectivity index (χ4v) is 1.35. The molecule has 0 heterocycles. The first-order chi connectivity index (χ1) is 3.91. The highest BCUT2D eigenvalue weighted by molar-refractivity contribution is 8.77. The Morgan fingerprint density at radius 3 is 2.75 bits per heavy atom. The highest BCUT2D eigenvalue weighted by Gasteiger charge is 1.80. The predicted octanol–water partition coefficient (Wildman–Crippen LogP) is 1.39. The molecule has 0 saturated heterocycles. The normalized spacial score (nSPS) is 10.6. The first kappa shape index (κ1) is 8.20. The van der Waals surface area contributed by atoms with Crippen molar-refractivity contribution in [3.05, 3.63) is 11.7 Å². The minimum absolute atomic E-state index is 0.191. The van der Waals surface area contributed by atoms with Crippen molar-refractivity contribution in [3.8, 4) is 0 Å². The summed E-state index contributed by atoms with van der Waals surface area (Å²) in [5, 5.41) is 17.9. The smallest absolute Gasteiger partial charge is 0.0863 e. The van der Waals surface area contributed by atoms with Crippen molar-refractivity contribution in [2.24, 2.45) is 0 Å². The molecule has 0 atom stereocenters. The van der Waals surface area contributed by atoms with Crippen molar-refractivity contribution in [3.63, 3.8) is 0 Å². The van der Waals surface area contributed by atoms with Gasteiger partial charge in [0.2, 0.25) is 0 Å². The van der Waals surface area contributed by atoms with Gasteiger partial charge in [0, 0.05) is 11.2 Å². The van der Waals surface area contributed by atoms with Crippen molar-refractivity contribution in [2.45, 2.75) is 0 Å². The molecule has 0 amide bonds. The lowest BCUT2D eigenvalue weighted by Gasteiger charge is -1.87. The van der Waals surface area contributed by atoms with Gasteiger partial charge in [0.25, 0.3) is 0 Å². The number of aliphatic hydroxyl groups excluding tert-OH is 2. The molecule has 0 aromatic heterocycles. The standard InChI is InChI=1S/C4H8O2S2/c5-1-3-7-8-4-2-6/h1,3,5-6H,2,4H2/b3-1+. The van der Waals surface area contributed by atoms with Gasteiger partial charge in [0.15, 0.2) is 0 Å². The third-order valence-electron chi connectivity index (χ3n) is 0.359. The summed E-state index contributed by atoms with van der Waals surface area (Å²) in [4.78, 5) is 0. The topological polar surface area (TPSA) is 40.5 Å². The summed E-state index contributed by atoms with van der Waals surface area (Å²) < 4.78 is 0. The van der Waals surface area contributed by atoms with Gasteiger partial charge in [-0.1, -0.05) is 21.6 Å². The van der Waals surface area contributed by atoms with E-state index in [1.165, 1.54) is 21.6 Å². The van der Waals surface area contributed by atoms with Crippen LogP contribution in [0.1, 0.15) is 0 Å². The van der Waals surface area contributed by atoms with Gasteiger partial charge in [0.1, 0.15) is 0 Å². The van der Waals surface area contributed by atoms with Crippen molar-refractivity contribution in [1.82, 2.24) is 0 Å². The fraction of sp³-hybridized carbons (Fsp3) is 0.500. The van der Waals surface area contributed by atoms with Crippen LogP contribution in [-0.2, 0) is 0 Å². The van der Waals surface area contributed by atoms with Crippen LogP contribution in [0.4, 0.5) is 0 Å². The van der Waals surface area contributed by atoms with Crippen molar-refractivity contribution in [2.75, 3.05) is 12.4 Å². The summed E-state index contributed by atoms with van der Waals surface area (Å²) in [7, 11) is 2.90. The molecule has 48 valence electrons. The highest BCUT2D eigenvalue weighted by Crippen LogP contribution is 2.20. The summed E-state index contributed by atoms with van der Waals surface area (Å²) in [5.74, 6) is 0.703. The monoisotopic (exact) mass is 152 g/mol. The maximum Gasteiger partial charge on any atom is 0.0863 e. The minimum Gasteiger partial charge on any atom is -0.515 e. The van der Waals surface area contributed by atoms with Crippen LogP contribution in [0.25, 0.3) is 0 Å². The van der Waals surface area contributed by atoms with Crippen LogP contribution in [0, 0.1) is 0 Å². The Morgan fingerprint density at radius 1 is 1.50 bits per heavy atom. The van der Waals surface area contributed by atoms with Gasteiger partial charge in [-0.05, 0) is 0 Å². The van der Waals surface area contributed by atoms with Crippen LogP contribution in [0.5, 0.6) is 0 Å². The Hall–Kier alpha value is 0.200. The molecule has 0 saturated carbocycles. The lowest BCUT2D eigenvalue weighted by molar-refractivity contribution is 0.323. The van der Waals surface area contributed by atoms with Crippen molar-refractivity contribution >= 4 is 21.6 Å². The van der Waals surface area contributed by atoms with Crippen LogP contribution in [-0.4, -0.2) is 22.6 Å². The minimum atomic E-state index is 0.191. The number of aliphatic hydroxyl groups is 2. The number of hydrogen-bond acceptors (Lipinski definition) is 4. The molecule has 2 N–H and O–H groups in total. The largest absolute Gasteiger partial charge is 0.515 e. The first-order valence-electron chi connectivity index (χ1n) is 2.10. The third-order valence-corrected chi connectivity index (χ3v) is 2.32. The Morgan fingerprint density at radius 2 is 2.25 bits per heavy atom. The van der Waals surface area contributed by atoms with Crippen LogP contribution >= 0.6 is 21.6 Å². The zero-order valence-electron chi connectivity index (χ0n) is 4.28. The molecule has 2 nitrogen and oxygen atoms in total. The molecule has 0 aliphatic heterocycles. The zero-order valence-corrected chi connectivity index (χ0v) is 5.91. The van der Waals surface area contributed by atoms with E-state index in [1.54, 1.807) is 5.41 Å². The molecular formula is C4H8O2S2. The molecule has 4 heteroatoms. The van der Waals surface area contributed by atoms with E-state index in [2.05, 4.69) is 0 Å². The van der Waals surface area contributed by atoms with E-state index in [9.17, 15) is 0 Å². The SMILES string of the molecule is O/C=C/SSCCO. The Bertz CT molecular complexity index is 65.1. The summed E-state index contributed by atoms with van der Waals surface area (Å²) in [6, 6.07) is 0. The van der Waals surface area contributed by atoms with Gasteiger partial charge in [-0.15, -0.1) is 0 Å². The molecule has 0 spiro atoms. The molecule has 0 aliphatic carbocycles. The lowest BCUT2D eigenvalue weighted by atomic mass is 10.9. The molecule has 0 aromatic carbocycles. The van der Waals surface area contributed by atoms with Crippen LogP contribution < -0.4 is 0 Å². The summed E-state index contributed by atoms with van der Waals surface area (Å²) in [6.07, 6.45) is 0.981. The maximum atomic E-state index is 8.24. The van der Waals surface area contributed by atoms with E-state index in [-0.39, 0.29) is 6.61 Å².